The van der Waals surface area contributed by atoms with Crippen LogP contribution in [0.15, 0.2) is 24.3 Å². The lowest BCUT2D eigenvalue weighted by Crippen LogP contribution is -2.42. The Balaban J connectivity index is 0.00000176. The molecule has 124 valence electrons. The molecule has 1 aromatic carbocycles. The van der Waals surface area contributed by atoms with E-state index in [1.54, 1.807) is 0 Å². The molecule has 3 rings (SSSR count). The molecule has 1 aliphatic carbocycles. The Bertz CT molecular complexity index is 512. The first-order valence-corrected chi connectivity index (χ1v) is 7.16. The molecule has 1 saturated carbocycles. The Morgan fingerprint density at radius 1 is 1.14 bits per heavy atom. The normalized spacial score (nSPS) is 31.3. The van der Waals surface area contributed by atoms with Gasteiger partial charge in [0.15, 0.2) is 0 Å². The predicted molar refractivity (Wildman–Crippen MR) is 78.2 cm³/mol. The Morgan fingerprint density at radius 2 is 1.82 bits per heavy atom. The zero-order chi connectivity index (χ0) is 15.0. The van der Waals surface area contributed by atoms with Gasteiger partial charge in [-0.25, -0.2) is 0 Å². The van der Waals surface area contributed by atoms with E-state index in [2.05, 4.69) is 5.32 Å². The average molecular weight is 338 g/mol. The molecule has 0 spiro atoms. The molecule has 0 unspecified atom stereocenters. The van der Waals surface area contributed by atoms with Crippen LogP contribution in [0.25, 0.3) is 0 Å². The highest BCUT2D eigenvalue weighted by Gasteiger charge is 2.40. The van der Waals surface area contributed by atoms with Gasteiger partial charge >= 0.3 is 6.18 Å². The molecule has 0 radical (unpaired) electrons. The number of aliphatic hydroxyl groups excluding tert-OH is 1. The van der Waals surface area contributed by atoms with E-state index in [-0.39, 0.29) is 18.2 Å². The first kappa shape index (κ1) is 17.4. The van der Waals surface area contributed by atoms with Crippen LogP contribution in [0.1, 0.15) is 18.4 Å². The highest BCUT2D eigenvalue weighted by atomic mass is 35.5. The van der Waals surface area contributed by atoms with Gasteiger partial charge in [0.2, 0.25) is 0 Å². The molecule has 1 saturated heterocycles. The molecule has 22 heavy (non-hydrogen) atoms. The molecule has 1 aliphatic heterocycles. The van der Waals surface area contributed by atoms with Gasteiger partial charge in [0.1, 0.15) is 11.9 Å². The summed E-state index contributed by atoms with van der Waals surface area (Å²) in [4.78, 5) is 0. The fourth-order valence-corrected chi connectivity index (χ4v) is 3.30. The van der Waals surface area contributed by atoms with E-state index in [0.717, 1.165) is 25.2 Å². The molecule has 4 atom stereocenters. The van der Waals surface area contributed by atoms with Gasteiger partial charge in [0, 0.05) is 0 Å². The minimum Gasteiger partial charge on any atom is -0.488 e. The minimum absolute atomic E-state index is 0. The number of nitrogens with one attached hydrogen (secondary N) is 1. The first-order valence-electron chi connectivity index (χ1n) is 7.16. The molecule has 7 heteroatoms. The number of benzene rings is 1. The van der Waals surface area contributed by atoms with Crippen LogP contribution in [-0.4, -0.2) is 30.4 Å². The summed E-state index contributed by atoms with van der Waals surface area (Å²) in [7, 11) is 0. The van der Waals surface area contributed by atoms with E-state index in [4.69, 9.17) is 4.74 Å². The van der Waals surface area contributed by atoms with Crippen molar-refractivity contribution < 1.29 is 23.0 Å². The Morgan fingerprint density at radius 3 is 2.50 bits per heavy atom. The number of hydrogen-bond donors (Lipinski definition) is 2. The van der Waals surface area contributed by atoms with E-state index in [9.17, 15) is 18.3 Å². The van der Waals surface area contributed by atoms with Crippen molar-refractivity contribution in [3.63, 3.8) is 0 Å². The quantitative estimate of drug-likeness (QED) is 0.872. The van der Waals surface area contributed by atoms with Crippen molar-refractivity contribution in [3.8, 4) is 5.75 Å². The summed E-state index contributed by atoms with van der Waals surface area (Å²) in [6, 6.07) is 4.83. The maximum atomic E-state index is 12.7. The van der Waals surface area contributed by atoms with Crippen LogP contribution in [0.3, 0.4) is 0 Å². The Hall–Kier alpha value is -0.980. The van der Waals surface area contributed by atoms with Crippen molar-refractivity contribution in [3.05, 3.63) is 29.8 Å². The maximum Gasteiger partial charge on any atom is 0.416 e. The standard InChI is InChI=1S/C15H18F3NO2.ClH/c16-15(17,18)11-2-1-3-12(6-11)21-14-5-10-8-19-7-9(10)4-13(14)20;/h1-3,6,9-10,13-14,19-20H,4-5,7-8H2;1H/t9-,10+,13+,14+;/m0./s1. The third-order valence-electron chi connectivity index (χ3n) is 4.44. The number of hydrogen-bond acceptors (Lipinski definition) is 3. The summed E-state index contributed by atoms with van der Waals surface area (Å²) in [6.45, 7) is 1.79. The van der Waals surface area contributed by atoms with Gasteiger partial charge in [-0.1, -0.05) is 6.07 Å². The first-order chi connectivity index (χ1) is 9.93. The van der Waals surface area contributed by atoms with E-state index < -0.39 is 23.9 Å². The van der Waals surface area contributed by atoms with Gasteiger partial charge in [-0.15, -0.1) is 12.4 Å². The number of aliphatic hydroxyl groups is 1. The topological polar surface area (TPSA) is 41.5 Å². The highest BCUT2D eigenvalue weighted by molar-refractivity contribution is 5.85. The fourth-order valence-electron chi connectivity index (χ4n) is 3.30. The second-order valence-corrected chi connectivity index (χ2v) is 5.90. The molecule has 2 N–H and O–H groups in total. The molecular weight excluding hydrogens is 319 g/mol. The Kier molecular flexibility index (Phi) is 5.25. The number of fused-ring (bicyclic) bond motifs is 1. The third kappa shape index (κ3) is 3.67. The summed E-state index contributed by atoms with van der Waals surface area (Å²) >= 11 is 0. The zero-order valence-electron chi connectivity index (χ0n) is 11.8. The van der Waals surface area contributed by atoms with Crippen LogP contribution < -0.4 is 10.1 Å². The monoisotopic (exact) mass is 337 g/mol. The molecule has 1 aromatic rings. The van der Waals surface area contributed by atoms with Crippen molar-refractivity contribution in [2.45, 2.75) is 31.2 Å². The summed E-state index contributed by atoms with van der Waals surface area (Å²) in [5.74, 6) is 1.05. The minimum atomic E-state index is -4.38. The number of rotatable bonds is 2. The second-order valence-electron chi connectivity index (χ2n) is 5.90. The van der Waals surface area contributed by atoms with E-state index in [0.29, 0.717) is 24.7 Å². The van der Waals surface area contributed by atoms with Crippen molar-refractivity contribution in [1.82, 2.24) is 5.32 Å². The van der Waals surface area contributed by atoms with Crippen LogP contribution in [0.4, 0.5) is 13.2 Å². The lowest BCUT2D eigenvalue weighted by Gasteiger charge is -2.35. The van der Waals surface area contributed by atoms with Gasteiger partial charge in [-0.05, 0) is 56.0 Å². The highest BCUT2D eigenvalue weighted by Crippen LogP contribution is 2.36. The Labute approximate surface area is 133 Å². The lowest BCUT2D eigenvalue weighted by atomic mass is 9.78. The molecule has 0 bridgehead atoms. The number of halogens is 4. The smallest absolute Gasteiger partial charge is 0.416 e. The van der Waals surface area contributed by atoms with Crippen molar-refractivity contribution >= 4 is 12.4 Å². The average Bonchev–Trinajstić information content (AvgIpc) is 2.85. The van der Waals surface area contributed by atoms with E-state index in [1.165, 1.54) is 12.1 Å². The SMILES string of the molecule is Cl.O[C@@H]1C[C@H]2CNC[C@H]2C[C@H]1Oc1cccc(C(F)(F)F)c1. The van der Waals surface area contributed by atoms with Crippen LogP contribution in [-0.2, 0) is 6.18 Å². The number of ether oxygens (including phenoxy) is 1. The lowest BCUT2D eigenvalue weighted by molar-refractivity contribution is -0.137. The summed E-state index contributed by atoms with van der Waals surface area (Å²) in [5.41, 5.74) is -0.731. The van der Waals surface area contributed by atoms with Gasteiger partial charge in [0.05, 0.1) is 11.7 Å². The molecule has 0 amide bonds. The predicted octanol–water partition coefficient (Wildman–Crippen LogP) is 2.86. The van der Waals surface area contributed by atoms with Crippen molar-refractivity contribution in [2.24, 2.45) is 11.8 Å². The largest absolute Gasteiger partial charge is 0.488 e. The molecule has 0 aromatic heterocycles. The van der Waals surface area contributed by atoms with Crippen LogP contribution in [0.2, 0.25) is 0 Å². The van der Waals surface area contributed by atoms with Gasteiger partial charge < -0.3 is 15.2 Å². The van der Waals surface area contributed by atoms with Crippen LogP contribution in [0.5, 0.6) is 5.75 Å². The third-order valence-corrected chi connectivity index (χ3v) is 4.44. The molecule has 1 heterocycles. The second kappa shape index (κ2) is 6.64. The van der Waals surface area contributed by atoms with E-state index in [1.807, 2.05) is 0 Å². The number of alkyl halides is 3. The molecule has 2 aliphatic rings. The fraction of sp³-hybridized carbons (Fsp3) is 0.600. The molecule has 2 fully saturated rings. The molecular formula is C15H19ClF3NO2. The zero-order valence-corrected chi connectivity index (χ0v) is 12.7. The van der Waals surface area contributed by atoms with Crippen molar-refractivity contribution in [2.75, 3.05) is 13.1 Å². The van der Waals surface area contributed by atoms with Crippen LogP contribution in [0, 0.1) is 11.8 Å². The van der Waals surface area contributed by atoms with Gasteiger partial charge in [-0.2, -0.15) is 13.2 Å². The van der Waals surface area contributed by atoms with Gasteiger partial charge in [-0.3, -0.25) is 0 Å². The van der Waals surface area contributed by atoms with Crippen molar-refractivity contribution in [1.29, 1.82) is 0 Å². The van der Waals surface area contributed by atoms with Crippen LogP contribution >= 0.6 is 12.4 Å². The van der Waals surface area contributed by atoms with E-state index >= 15 is 0 Å². The summed E-state index contributed by atoms with van der Waals surface area (Å²) < 4.78 is 43.7. The summed E-state index contributed by atoms with van der Waals surface area (Å²) in [5, 5.41) is 13.4. The summed E-state index contributed by atoms with van der Waals surface area (Å²) in [6.07, 6.45) is -4.13. The van der Waals surface area contributed by atoms with Gasteiger partial charge in [0.25, 0.3) is 0 Å². The maximum absolute atomic E-state index is 12.7. The molecule has 3 nitrogen and oxygen atoms in total.